The van der Waals surface area contributed by atoms with Gasteiger partial charge in [0.15, 0.2) is 5.01 Å². The third-order valence-corrected chi connectivity index (χ3v) is 3.18. The summed E-state index contributed by atoms with van der Waals surface area (Å²) in [6, 6.07) is 8.86. The van der Waals surface area contributed by atoms with Crippen molar-refractivity contribution in [3.8, 4) is 0 Å². The SMILES string of the molecule is O=C(OCc1ccccc1)c1cnc(C(F)(F)F)s1. The number of hydrogen-bond donors (Lipinski definition) is 0. The van der Waals surface area contributed by atoms with Crippen molar-refractivity contribution in [3.63, 3.8) is 0 Å². The van der Waals surface area contributed by atoms with E-state index in [0.717, 1.165) is 11.8 Å². The topological polar surface area (TPSA) is 39.2 Å². The minimum atomic E-state index is -4.54. The van der Waals surface area contributed by atoms with Crippen molar-refractivity contribution >= 4 is 17.3 Å². The van der Waals surface area contributed by atoms with Gasteiger partial charge in [0.05, 0.1) is 6.20 Å². The Labute approximate surface area is 110 Å². The third-order valence-electron chi connectivity index (χ3n) is 2.16. The van der Waals surface area contributed by atoms with E-state index in [4.69, 9.17) is 4.74 Å². The molecule has 0 aliphatic heterocycles. The second kappa shape index (κ2) is 5.40. The van der Waals surface area contributed by atoms with Crippen molar-refractivity contribution in [2.24, 2.45) is 0 Å². The van der Waals surface area contributed by atoms with E-state index in [9.17, 15) is 18.0 Å². The molecule has 2 rings (SSSR count). The van der Waals surface area contributed by atoms with Crippen molar-refractivity contribution in [3.05, 3.63) is 52.0 Å². The van der Waals surface area contributed by atoms with Crippen LogP contribution in [0.1, 0.15) is 20.2 Å². The standard InChI is InChI=1S/C12H8F3NO2S/c13-12(14,15)11-16-6-9(19-11)10(17)18-7-8-4-2-1-3-5-8/h1-6H,7H2. The van der Waals surface area contributed by atoms with Crippen LogP contribution in [0, 0.1) is 0 Å². The van der Waals surface area contributed by atoms with Crippen molar-refractivity contribution in [2.75, 3.05) is 0 Å². The van der Waals surface area contributed by atoms with Crippen LogP contribution in [-0.4, -0.2) is 11.0 Å². The molecule has 1 aromatic carbocycles. The highest BCUT2D eigenvalue weighted by Crippen LogP contribution is 2.32. The molecule has 0 unspecified atom stereocenters. The van der Waals surface area contributed by atoms with Gasteiger partial charge in [-0.1, -0.05) is 30.3 Å². The van der Waals surface area contributed by atoms with Crippen LogP contribution in [0.15, 0.2) is 36.5 Å². The second-order valence-corrected chi connectivity index (χ2v) is 4.62. The van der Waals surface area contributed by atoms with E-state index in [0.29, 0.717) is 0 Å². The fraction of sp³-hybridized carbons (Fsp3) is 0.167. The summed E-state index contributed by atoms with van der Waals surface area (Å²) < 4.78 is 41.8. The maximum Gasteiger partial charge on any atom is 0.443 e. The summed E-state index contributed by atoms with van der Waals surface area (Å²) >= 11 is 0.272. The number of hydrogen-bond acceptors (Lipinski definition) is 4. The Morgan fingerprint density at radius 1 is 1.26 bits per heavy atom. The number of aromatic nitrogens is 1. The number of ether oxygens (including phenoxy) is 1. The highest BCUT2D eigenvalue weighted by atomic mass is 32.1. The Morgan fingerprint density at radius 2 is 1.95 bits per heavy atom. The maximum absolute atomic E-state index is 12.3. The first kappa shape index (κ1) is 13.5. The molecule has 1 aromatic heterocycles. The monoisotopic (exact) mass is 287 g/mol. The van der Waals surface area contributed by atoms with Crippen LogP contribution in [-0.2, 0) is 17.5 Å². The molecule has 0 spiro atoms. The Morgan fingerprint density at radius 3 is 2.53 bits per heavy atom. The van der Waals surface area contributed by atoms with Crippen molar-refractivity contribution in [1.82, 2.24) is 4.98 Å². The molecule has 0 amide bonds. The summed E-state index contributed by atoms with van der Waals surface area (Å²) in [7, 11) is 0. The van der Waals surface area contributed by atoms with E-state index >= 15 is 0 Å². The molecular weight excluding hydrogens is 279 g/mol. The number of alkyl halides is 3. The zero-order valence-electron chi connectivity index (χ0n) is 9.48. The lowest BCUT2D eigenvalue weighted by Gasteiger charge is -2.02. The number of halogens is 3. The van der Waals surface area contributed by atoms with Crippen molar-refractivity contribution < 1.29 is 22.7 Å². The fourth-order valence-electron chi connectivity index (χ4n) is 1.29. The molecule has 0 bridgehead atoms. The van der Waals surface area contributed by atoms with Gasteiger partial charge < -0.3 is 4.74 Å². The van der Waals surface area contributed by atoms with Gasteiger partial charge in [-0.15, -0.1) is 11.3 Å². The fourth-order valence-corrected chi connectivity index (χ4v) is 1.97. The van der Waals surface area contributed by atoms with Gasteiger partial charge in [-0.05, 0) is 5.56 Å². The molecule has 3 nitrogen and oxygen atoms in total. The van der Waals surface area contributed by atoms with Crippen molar-refractivity contribution in [1.29, 1.82) is 0 Å². The van der Waals surface area contributed by atoms with Gasteiger partial charge in [-0.25, -0.2) is 9.78 Å². The Bertz CT molecular complexity index is 566. The third kappa shape index (κ3) is 3.54. The molecule has 0 atom stereocenters. The maximum atomic E-state index is 12.3. The van der Waals surface area contributed by atoms with Gasteiger partial charge in [0.1, 0.15) is 11.5 Å². The molecule has 0 saturated heterocycles. The number of carbonyl (C=O) groups is 1. The number of benzene rings is 1. The van der Waals surface area contributed by atoms with Crippen LogP contribution < -0.4 is 0 Å². The van der Waals surface area contributed by atoms with E-state index < -0.39 is 17.2 Å². The lowest BCUT2D eigenvalue weighted by Crippen LogP contribution is -2.04. The summed E-state index contributed by atoms with van der Waals surface area (Å²) in [4.78, 5) is 14.5. The average molecular weight is 287 g/mol. The lowest BCUT2D eigenvalue weighted by molar-refractivity contribution is -0.137. The van der Waals surface area contributed by atoms with Gasteiger partial charge in [0.2, 0.25) is 0 Å². The Kier molecular flexibility index (Phi) is 3.84. The minimum absolute atomic E-state index is 0.0128. The minimum Gasteiger partial charge on any atom is -0.457 e. The van der Waals surface area contributed by atoms with E-state index in [1.807, 2.05) is 6.07 Å². The molecular formula is C12H8F3NO2S. The van der Waals surface area contributed by atoms with Gasteiger partial charge in [-0.3, -0.25) is 0 Å². The smallest absolute Gasteiger partial charge is 0.443 e. The molecule has 0 fully saturated rings. The van der Waals surface area contributed by atoms with Crippen LogP contribution in [0.4, 0.5) is 13.2 Å². The predicted octanol–water partition coefficient (Wildman–Crippen LogP) is 3.52. The number of nitrogens with zero attached hydrogens (tertiary/aromatic N) is 1. The number of carbonyl (C=O) groups excluding carboxylic acids is 1. The number of rotatable bonds is 3. The molecule has 0 radical (unpaired) electrons. The van der Waals surface area contributed by atoms with E-state index in [1.54, 1.807) is 24.3 Å². The predicted molar refractivity (Wildman–Crippen MR) is 62.7 cm³/mol. The first-order chi connectivity index (χ1) is 8.97. The molecule has 7 heteroatoms. The van der Waals surface area contributed by atoms with Crippen LogP contribution in [0.5, 0.6) is 0 Å². The van der Waals surface area contributed by atoms with Gasteiger partial charge in [0.25, 0.3) is 0 Å². The molecule has 0 aliphatic carbocycles. The lowest BCUT2D eigenvalue weighted by atomic mass is 10.2. The number of thiazole rings is 1. The molecule has 1 heterocycles. The molecule has 0 N–H and O–H groups in total. The van der Waals surface area contributed by atoms with Crippen LogP contribution in [0.25, 0.3) is 0 Å². The number of esters is 1. The highest BCUT2D eigenvalue weighted by Gasteiger charge is 2.35. The summed E-state index contributed by atoms with van der Waals surface area (Å²) in [5, 5.41) is -1.06. The van der Waals surface area contributed by atoms with Crippen LogP contribution in [0.2, 0.25) is 0 Å². The second-order valence-electron chi connectivity index (χ2n) is 3.59. The Balaban J connectivity index is 1.99. The van der Waals surface area contributed by atoms with Gasteiger partial charge in [-0.2, -0.15) is 13.2 Å². The summed E-state index contributed by atoms with van der Waals surface area (Å²) in [5.74, 6) is -0.808. The van der Waals surface area contributed by atoms with Gasteiger partial charge in [0, 0.05) is 0 Å². The highest BCUT2D eigenvalue weighted by molar-refractivity contribution is 7.13. The van der Waals surface area contributed by atoms with Crippen LogP contribution in [0.3, 0.4) is 0 Å². The quantitative estimate of drug-likeness (QED) is 0.811. The molecule has 2 aromatic rings. The van der Waals surface area contributed by atoms with Crippen LogP contribution >= 0.6 is 11.3 Å². The molecule has 0 saturated carbocycles. The Hall–Kier alpha value is -1.89. The molecule has 100 valence electrons. The molecule has 0 aliphatic rings. The molecule has 19 heavy (non-hydrogen) atoms. The summed E-state index contributed by atoms with van der Waals surface area (Å²) in [5.41, 5.74) is 0.761. The normalized spacial score (nSPS) is 11.3. The zero-order valence-corrected chi connectivity index (χ0v) is 10.3. The first-order valence-electron chi connectivity index (χ1n) is 5.21. The average Bonchev–Trinajstić information content (AvgIpc) is 2.87. The van der Waals surface area contributed by atoms with E-state index in [1.165, 1.54) is 0 Å². The largest absolute Gasteiger partial charge is 0.457 e. The first-order valence-corrected chi connectivity index (χ1v) is 6.02. The van der Waals surface area contributed by atoms with E-state index in [-0.39, 0.29) is 22.8 Å². The van der Waals surface area contributed by atoms with Crippen molar-refractivity contribution in [2.45, 2.75) is 12.8 Å². The van der Waals surface area contributed by atoms with Gasteiger partial charge >= 0.3 is 12.1 Å². The van der Waals surface area contributed by atoms with E-state index in [2.05, 4.69) is 4.98 Å². The zero-order chi connectivity index (χ0) is 13.9. The summed E-state index contributed by atoms with van der Waals surface area (Å²) in [6.45, 7) is 0.0128. The summed E-state index contributed by atoms with van der Waals surface area (Å²) in [6.07, 6.45) is -3.66.